The van der Waals surface area contributed by atoms with Gasteiger partial charge in [-0.25, -0.2) is 0 Å². The fraction of sp³-hybridized carbons (Fsp3) is 0.941. The van der Waals surface area contributed by atoms with Gasteiger partial charge in [0, 0.05) is 6.04 Å². The van der Waals surface area contributed by atoms with Crippen molar-refractivity contribution < 1.29 is 9.90 Å². The fourth-order valence-corrected chi connectivity index (χ4v) is 6.12. The van der Waals surface area contributed by atoms with Crippen LogP contribution in [0.15, 0.2) is 0 Å². The van der Waals surface area contributed by atoms with Crippen LogP contribution >= 0.6 is 0 Å². The molecule has 0 aromatic heterocycles. The van der Waals surface area contributed by atoms with Crippen molar-refractivity contribution in [3.8, 4) is 0 Å². The molecule has 112 valence electrons. The fourth-order valence-electron chi connectivity index (χ4n) is 6.12. The van der Waals surface area contributed by atoms with Gasteiger partial charge < -0.3 is 10.4 Å². The second-order valence-electron chi connectivity index (χ2n) is 8.47. The summed E-state index contributed by atoms with van der Waals surface area (Å²) in [6.45, 7) is 2.24. The second kappa shape index (κ2) is 4.00. The summed E-state index contributed by atoms with van der Waals surface area (Å²) in [6.07, 6.45) is 10.5. The molecular weight excluding hydrogens is 250 g/mol. The van der Waals surface area contributed by atoms with Gasteiger partial charge in [0.2, 0.25) is 5.91 Å². The topological polar surface area (TPSA) is 49.3 Å². The van der Waals surface area contributed by atoms with Gasteiger partial charge in [0.05, 0.1) is 11.0 Å². The first-order chi connectivity index (χ1) is 9.47. The largest absolute Gasteiger partial charge is 0.390 e. The Hall–Kier alpha value is -0.570. The minimum atomic E-state index is -0.549. The van der Waals surface area contributed by atoms with Crippen LogP contribution in [0, 0.1) is 16.7 Å². The van der Waals surface area contributed by atoms with Gasteiger partial charge in [0.1, 0.15) is 0 Å². The van der Waals surface area contributed by atoms with Crippen LogP contribution in [0.2, 0.25) is 0 Å². The van der Waals surface area contributed by atoms with E-state index in [2.05, 4.69) is 12.2 Å². The maximum absolute atomic E-state index is 12.9. The molecule has 0 saturated heterocycles. The quantitative estimate of drug-likeness (QED) is 0.833. The van der Waals surface area contributed by atoms with E-state index >= 15 is 0 Å². The summed E-state index contributed by atoms with van der Waals surface area (Å²) in [5.74, 6) is 0.839. The Balaban J connectivity index is 1.62. The van der Waals surface area contributed by atoms with Crippen LogP contribution in [0.1, 0.15) is 71.1 Å². The molecule has 5 aliphatic rings. The molecule has 2 N–H and O–H groups in total. The van der Waals surface area contributed by atoms with Gasteiger partial charge in [0.15, 0.2) is 0 Å². The third kappa shape index (κ3) is 1.78. The van der Waals surface area contributed by atoms with Crippen molar-refractivity contribution in [2.75, 3.05) is 0 Å². The SMILES string of the molecule is CCC12CC3CC(O)(C1)CC(C(=O)NC1CCC1)(C3)C2. The lowest BCUT2D eigenvalue weighted by Crippen LogP contribution is -2.64. The van der Waals surface area contributed by atoms with E-state index in [-0.39, 0.29) is 16.7 Å². The number of nitrogens with one attached hydrogen (secondary N) is 1. The first-order valence-electron chi connectivity index (χ1n) is 8.50. The van der Waals surface area contributed by atoms with Crippen LogP contribution in [-0.2, 0) is 4.79 Å². The Morgan fingerprint density at radius 1 is 1.20 bits per heavy atom. The number of hydrogen-bond donors (Lipinski definition) is 2. The third-order valence-corrected chi connectivity index (χ3v) is 6.83. The van der Waals surface area contributed by atoms with Gasteiger partial charge in [0.25, 0.3) is 0 Å². The van der Waals surface area contributed by atoms with Crippen molar-refractivity contribution in [3.05, 3.63) is 0 Å². The van der Waals surface area contributed by atoms with Crippen molar-refractivity contribution in [2.24, 2.45) is 16.7 Å². The van der Waals surface area contributed by atoms with Crippen LogP contribution in [0.5, 0.6) is 0 Å². The summed E-state index contributed by atoms with van der Waals surface area (Å²) < 4.78 is 0. The lowest BCUT2D eigenvalue weighted by Gasteiger charge is -2.64. The maximum Gasteiger partial charge on any atom is 0.226 e. The molecule has 0 radical (unpaired) electrons. The molecule has 1 amide bonds. The van der Waals surface area contributed by atoms with Gasteiger partial charge in [-0.1, -0.05) is 13.3 Å². The summed E-state index contributed by atoms with van der Waals surface area (Å²) >= 11 is 0. The van der Waals surface area contributed by atoms with Crippen molar-refractivity contribution >= 4 is 5.91 Å². The average molecular weight is 277 g/mol. The van der Waals surface area contributed by atoms with E-state index in [9.17, 15) is 9.90 Å². The van der Waals surface area contributed by atoms with Gasteiger partial charge in [-0.3, -0.25) is 4.79 Å². The molecule has 4 unspecified atom stereocenters. The van der Waals surface area contributed by atoms with Gasteiger partial charge in [-0.05, 0) is 69.1 Å². The zero-order chi connectivity index (χ0) is 14.0. The lowest BCUT2D eigenvalue weighted by molar-refractivity contribution is -0.204. The Labute approximate surface area is 121 Å². The molecule has 0 spiro atoms. The third-order valence-electron chi connectivity index (χ3n) is 6.83. The van der Waals surface area contributed by atoms with Crippen molar-refractivity contribution in [1.29, 1.82) is 0 Å². The molecule has 0 aromatic carbocycles. The average Bonchev–Trinajstić information content (AvgIpc) is 2.30. The van der Waals surface area contributed by atoms with E-state index < -0.39 is 5.60 Å². The van der Waals surface area contributed by atoms with Crippen LogP contribution in [0.4, 0.5) is 0 Å². The summed E-state index contributed by atoms with van der Waals surface area (Å²) in [5, 5.41) is 14.2. The van der Waals surface area contributed by atoms with Crippen LogP contribution in [-0.4, -0.2) is 22.7 Å². The van der Waals surface area contributed by atoms with Crippen molar-refractivity contribution in [2.45, 2.75) is 82.8 Å². The summed E-state index contributed by atoms with van der Waals surface area (Å²) in [6, 6.07) is 0.419. The standard InChI is InChI=1S/C17H27NO2/c1-2-15-6-12-7-16(9-15,11-17(20,8-12)10-15)14(19)18-13-4-3-5-13/h12-13,20H,2-11H2,1H3,(H,18,19). The highest BCUT2D eigenvalue weighted by molar-refractivity contribution is 5.84. The van der Waals surface area contributed by atoms with Crippen LogP contribution in [0.25, 0.3) is 0 Å². The van der Waals surface area contributed by atoms with E-state index in [1.807, 2.05) is 0 Å². The highest BCUT2D eigenvalue weighted by Crippen LogP contribution is 2.67. The minimum Gasteiger partial charge on any atom is -0.390 e. The van der Waals surface area contributed by atoms with E-state index in [1.54, 1.807) is 0 Å². The van der Waals surface area contributed by atoms with E-state index in [1.165, 1.54) is 12.8 Å². The number of rotatable bonds is 3. The highest BCUT2D eigenvalue weighted by atomic mass is 16.3. The van der Waals surface area contributed by atoms with E-state index in [0.717, 1.165) is 51.4 Å². The first-order valence-corrected chi connectivity index (χ1v) is 8.50. The Bertz CT molecular complexity index is 446. The summed E-state index contributed by atoms with van der Waals surface area (Å²) in [7, 11) is 0. The van der Waals surface area contributed by atoms with Crippen molar-refractivity contribution in [3.63, 3.8) is 0 Å². The first kappa shape index (κ1) is 13.1. The normalized spacial score (nSPS) is 50.0. The van der Waals surface area contributed by atoms with Gasteiger partial charge in [-0.2, -0.15) is 0 Å². The van der Waals surface area contributed by atoms with Crippen LogP contribution < -0.4 is 5.32 Å². The van der Waals surface area contributed by atoms with Gasteiger partial charge in [-0.15, -0.1) is 0 Å². The molecule has 0 aromatic rings. The number of aliphatic hydroxyl groups is 1. The predicted octanol–water partition coefficient (Wildman–Crippen LogP) is 2.77. The van der Waals surface area contributed by atoms with Gasteiger partial charge >= 0.3 is 0 Å². The molecule has 5 fully saturated rings. The molecular formula is C17H27NO2. The molecule has 5 rings (SSSR count). The molecule has 0 heterocycles. The maximum atomic E-state index is 12.9. The summed E-state index contributed by atoms with van der Waals surface area (Å²) in [5.41, 5.74) is -0.558. The Morgan fingerprint density at radius 3 is 2.60 bits per heavy atom. The summed E-state index contributed by atoms with van der Waals surface area (Å²) in [4.78, 5) is 12.9. The lowest BCUT2D eigenvalue weighted by atomic mass is 9.42. The van der Waals surface area contributed by atoms with Crippen molar-refractivity contribution in [1.82, 2.24) is 5.32 Å². The number of hydrogen-bond acceptors (Lipinski definition) is 2. The minimum absolute atomic E-state index is 0.241. The molecule has 4 atom stereocenters. The molecule has 3 heteroatoms. The van der Waals surface area contributed by atoms with E-state index in [4.69, 9.17) is 0 Å². The molecule has 4 bridgehead atoms. The molecule has 20 heavy (non-hydrogen) atoms. The number of amides is 1. The Kier molecular flexibility index (Phi) is 2.62. The van der Waals surface area contributed by atoms with E-state index in [0.29, 0.717) is 12.0 Å². The van der Waals surface area contributed by atoms with Crippen LogP contribution in [0.3, 0.4) is 0 Å². The second-order valence-corrected chi connectivity index (χ2v) is 8.47. The zero-order valence-electron chi connectivity index (χ0n) is 12.6. The zero-order valence-corrected chi connectivity index (χ0v) is 12.6. The monoisotopic (exact) mass is 277 g/mol. The highest BCUT2D eigenvalue weighted by Gasteiger charge is 2.64. The molecule has 0 aliphatic heterocycles. The molecule has 3 nitrogen and oxygen atoms in total. The Morgan fingerprint density at radius 2 is 2.00 bits per heavy atom. The number of carbonyl (C=O) groups excluding carboxylic acids is 1. The smallest absolute Gasteiger partial charge is 0.226 e. The molecule has 5 saturated carbocycles. The molecule has 5 aliphatic carbocycles. The predicted molar refractivity (Wildman–Crippen MR) is 77.1 cm³/mol. The number of carbonyl (C=O) groups is 1.